The van der Waals surface area contributed by atoms with Crippen molar-refractivity contribution in [2.24, 2.45) is 0 Å². The van der Waals surface area contributed by atoms with Gasteiger partial charge in [0.25, 0.3) is 5.91 Å². The van der Waals surface area contributed by atoms with Crippen molar-refractivity contribution in [3.05, 3.63) is 58.1 Å². The van der Waals surface area contributed by atoms with Gasteiger partial charge in [-0.2, -0.15) is 4.31 Å². The highest BCUT2D eigenvalue weighted by atomic mass is 35.5. The van der Waals surface area contributed by atoms with E-state index in [9.17, 15) is 13.2 Å². The van der Waals surface area contributed by atoms with Gasteiger partial charge in [-0.1, -0.05) is 48.5 Å². The average molecular weight is 441 g/mol. The molecule has 3 rings (SSSR count). The molecule has 1 fully saturated rings. The summed E-state index contributed by atoms with van der Waals surface area (Å²) in [5.74, 6) is -0.443. The monoisotopic (exact) mass is 440 g/mol. The Hall–Kier alpha value is -1.60. The number of rotatable bonds is 5. The van der Waals surface area contributed by atoms with E-state index in [4.69, 9.17) is 23.2 Å². The Balaban J connectivity index is 1.81. The quantitative estimate of drug-likeness (QED) is 0.694. The summed E-state index contributed by atoms with van der Waals surface area (Å²) in [6.45, 7) is 0. The predicted molar refractivity (Wildman–Crippen MR) is 113 cm³/mol. The average Bonchev–Trinajstić information content (AvgIpc) is 2.70. The standard InChI is InChI=1S/C20H22Cl2N2O3S/c1-24(16-7-3-2-4-8-16)28(26,27)17-9-5-6-14(12-17)20(25)23-19-11-10-15(21)13-18(19)22/h5-6,9-13,16H,2-4,7-8H2,1H3,(H,23,25). The number of hydrogen-bond donors (Lipinski definition) is 1. The summed E-state index contributed by atoms with van der Waals surface area (Å²) in [7, 11) is -2.05. The number of halogens is 2. The first-order chi connectivity index (χ1) is 13.3. The molecule has 0 atom stereocenters. The SMILES string of the molecule is CN(C1CCCCC1)S(=O)(=O)c1cccc(C(=O)Nc2ccc(Cl)cc2Cl)c1. The number of hydrogen-bond acceptors (Lipinski definition) is 3. The van der Waals surface area contributed by atoms with Crippen molar-refractivity contribution in [2.75, 3.05) is 12.4 Å². The Labute approximate surface area is 175 Å². The fourth-order valence-electron chi connectivity index (χ4n) is 3.39. The van der Waals surface area contributed by atoms with Gasteiger partial charge < -0.3 is 5.32 Å². The van der Waals surface area contributed by atoms with E-state index in [0.717, 1.165) is 32.1 Å². The molecule has 0 heterocycles. The smallest absolute Gasteiger partial charge is 0.255 e. The van der Waals surface area contributed by atoms with Crippen molar-refractivity contribution in [2.45, 2.75) is 43.0 Å². The van der Waals surface area contributed by atoms with Gasteiger partial charge in [-0.25, -0.2) is 8.42 Å². The molecule has 8 heteroatoms. The van der Waals surface area contributed by atoms with Crippen LogP contribution in [-0.2, 0) is 10.0 Å². The molecular weight excluding hydrogens is 419 g/mol. The zero-order valence-electron chi connectivity index (χ0n) is 15.5. The zero-order chi connectivity index (χ0) is 20.3. The van der Waals surface area contributed by atoms with Gasteiger partial charge >= 0.3 is 0 Å². The highest BCUT2D eigenvalue weighted by Gasteiger charge is 2.29. The maximum atomic E-state index is 13.0. The van der Waals surface area contributed by atoms with E-state index in [1.165, 1.54) is 22.5 Å². The normalized spacial score (nSPS) is 15.6. The van der Waals surface area contributed by atoms with Crippen molar-refractivity contribution in [1.29, 1.82) is 0 Å². The lowest BCUT2D eigenvalue weighted by atomic mass is 9.96. The second-order valence-corrected chi connectivity index (χ2v) is 9.76. The Morgan fingerprint density at radius 3 is 2.46 bits per heavy atom. The minimum Gasteiger partial charge on any atom is -0.321 e. The van der Waals surface area contributed by atoms with Gasteiger partial charge in [0.2, 0.25) is 10.0 Å². The van der Waals surface area contributed by atoms with E-state index >= 15 is 0 Å². The van der Waals surface area contributed by atoms with Crippen LogP contribution in [0.2, 0.25) is 10.0 Å². The molecule has 0 aromatic heterocycles. The molecule has 2 aromatic rings. The van der Waals surface area contributed by atoms with Crippen LogP contribution in [0, 0.1) is 0 Å². The van der Waals surface area contributed by atoms with Gasteiger partial charge in [-0.15, -0.1) is 0 Å². The molecule has 1 saturated carbocycles. The van der Waals surface area contributed by atoms with Gasteiger partial charge in [0, 0.05) is 23.7 Å². The molecule has 2 aromatic carbocycles. The van der Waals surface area contributed by atoms with E-state index in [1.807, 2.05) is 0 Å². The molecule has 150 valence electrons. The van der Waals surface area contributed by atoms with Gasteiger partial charge in [-0.3, -0.25) is 4.79 Å². The Morgan fingerprint density at radius 2 is 1.79 bits per heavy atom. The number of carbonyl (C=O) groups excluding carboxylic acids is 1. The predicted octanol–water partition coefficient (Wildman–Crippen LogP) is 5.20. The molecule has 28 heavy (non-hydrogen) atoms. The van der Waals surface area contributed by atoms with Crippen molar-refractivity contribution in [1.82, 2.24) is 4.31 Å². The highest BCUT2D eigenvalue weighted by molar-refractivity contribution is 7.89. The molecule has 0 radical (unpaired) electrons. The lowest BCUT2D eigenvalue weighted by Crippen LogP contribution is -2.38. The van der Waals surface area contributed by atoms with Crippen LogP contribution >= 0.6 is 23.2 Å². The number of anilines is 1. The summed E-state index contributed by atoms with van der Waals surface area (Å²) >= 11 is 12.0. The second kappa shape index (κ2) is 8.82. The number of sulfonamides is 1. The maximum Gasteiger partial charge on any atom is 0.255 e. The van der Waals surface area contributed by atoms with E-state index in [2.05, 4.69) is 5.32 Å². The van der Waals surface area contributed by atoms with Gasteiger partial charge in [0.1, 0.15) is 0 Å². The van der Waals surface area contributed by atoms with Crippen LogP contribution in [0.3, 0.4) is 0 Å². The number of carbonyl (C=O) groups is 1. The summed E-state index contributed by atoms with van der Waals surface area (Å²) in [6.07, 6.45) is 4.95. The van der Waals surface area contributed by atoms with Crippen LogP contribution in [0.15, 0.2) is 47.4 Å². The fourth-order valence-corrected chi connectivity index (χ4v) is 5.31. The summed E-state index contributed by atoms with van der Waals surface area (Å²) < 4.78 is 27.5. The second-order valence-electron chi connectivity index (χ2n) is 6.92. The third kappa shape index (κ3) is 4.69. The molecule has 0 spiro atoms. The molecule has 1 amide bonds. The molecule has 1 aliphatic rings. The zero-order valence-corrected chi connectivity index (χ0v) is 17.8. The largest absolute Gasteiger partial charge is 0.321 e. The molecule has 0 saturated heterocycles. The van der Waals surface area contributed by atoms with Crippen molar-refractivity contribution in [3.63, 3.8) is 0 Å². The lowest BCUT2D eigenvalue weighted by Gasteiger charge is -2.30. The maximum absolute atomic E-state index is 13.0. The van der Waals surface area contributed by atoms with Crippen molar-refractivity contribution >= 4 is 44.8 Å². The minimum atomic E-state index is -3.67. The number of nitrogens with one attached hydrogen (secondary N) is 1. The molecule has 1 aliphatic carbocycles. The van der Waals surface area contributed by atoms with E-state index in [0.29, 0.717) is 15.7 Å². The fraction of sp³-hybridized carbons (Fsp3) is 0.350. The van der Waals surface area contributed by atoms with Crippen LogP contribution < -0.4 is 5.32 Å². The van der Waals surface area contributed by atoms with Crippen LogP contribution in [0.5, 0.6) is 0 Å². The summed E-state index contributed by atoms with van der Waals surface area (Å²) in [5, 5.41) is 3.45. The van der Waals surface area contributed by atoms with Crippen molar-refractivity contribution < 1.29 is 13.2 Å². The van der Waals surface area contributed by atoms with Crippen LogP contribution in [0.25, 0.3) is 0 Å². The Bertz CT molecular complexity index is 973. The minimum absolute atomic E-state index is 0.00380. The first-order valence-corrected chi connectivity index (χ1v) is 11.3. The van der Waals surface area contributed by atoms with E-state index < -0.39 is 15.9 Å². The van der Waals surface area contributed by atoms with Crippen LogP contribution in [0.4, 0.5) is 5.69 Å². The van der Waals surface area contributed by atoms with E-state index in [-0.39, 0.29) is 16.5 Å². The highest BCUT2D eigenvalue weighted by Crippen LogP contribution is 2.28. The third-order valence-electron chi connectivity index (χ3n) is 5.04. The molecule has 0 aliphatic heterocycles. The molecule has 1 N–H and O–H groups in total. The van der Waals surface area contributed by atoms with Crippen molar-refractivity contribution in [3.8, 4) is 0 Å². The molecular formula is C20H22Cl2N2O3S. The molecule has 0 bridgehead atoms. The lowest BCUT2D eigenvalue weighted by molar-refractivity contribution is 0.102. The van der Waals surface area contributed by atoms with Gasteiger partial charge in [-0.05, 0) is 49.2 Å². The Morgan fingerprint density at radius 1 is 1.07 bits per heavy atom. The van der Waals surface area contributed by atoms with Crippen LogP contribution in [0.1, 0.15) is 42.5 Å². The van der Waals surface area contributed by atoms with Crippen LogP contribution in [-0.4, -0.2) is 31.7 Å². The van der Waals surface area contributed by atoms with Gasteiger partial charge in [0.15, 0.2) is 0 Å². The number of benzene rings is 2. The first-order valence-electron chi connectivity index (χ1n) is 9.13. The summed E-state index contributed by atoms with van der Waals surface area (Å²) in [4.78, 5) is 12.7. The first kappa shape index (κ1) is 21.1. The number of nitrogens with zero attached hydrogens (tertiary/aromatic N) is 1. The molecule has 5 nitrogen and oxygen atoms in total. The third-order valence-corrected chi connectivity index (χ3v) is 7.50. The van der Waals surface area contributed by atoms with Gasteiger partial charge in [0.05, 0.1) is 15.6 Å². The Kier molecular flexibility index (Phi) is 6.65. The van der Waals surface area contributed by atoms with E-state index in [1.54, 1.807) is 31.3 Å². The summed E-state index contributed by atoms with van der Waals surface area (Å²) in [5.41, 5.74) is 0.646. The number of amides is 1. The topological polar surface area (TPSA) is 66.5 Å². The summed E-state index contributed by atoms with van der Waals surface area (Å²) in [6, 6.07) is 10.8. The molecule has 0 unspecified atom stereocenters.